The number of aryl methyl sites for hydroxylation is 2. The van der Waals surface area contributed by atoms with Gasteiger partial charge in [0.2, 0.25) is 0 Å². The van der Waals surface area contributed by atoms with E-state index in [0.717, 1.165) is 30.1 Å². The molecule has 4 saturated carbocycles. The number of anilines is 1. The van der Waals surface area contributed by atoms with Crippen molar-refractivity contribution >= 4 is 21.9 Å². The van der Waals surface area contributed by atoms with Crippen LogP contribution >= 0.6 is 0 Å². The second kappa shape index (κ2) is 15.8. The molecule has 0 radical (unpaired) electrons. The van der Waals surface area contributed by atoms with E-state index < -0.39 is 0 Å². The van der Waals surface area contributed by atoms with Crippen LogP contribution in [0.3, 0.4) is 0 Å². The molecule has 0 amide bonds. The van der Waals surface area contributed by atoms with E-state index in [1.165, 1.54) is 93.1 Å². The fraction of sp³-hybridized carbons (Fsp3) is 0.525. The molecule has 2 aromatic carbocycles. The number of hydrogen-bond donors (Lipinski definition) is 1. The molecule has 0 spiro atoms. The Labute approximate surface area is 279 Å². The number of nitrogens with zero attached hydrogens (tertiary/aromatic N) is 2. The molecule has 0 unspecified atom stereocenters. The maximum absolute atomic E-state index is 6.08. The first kappa shape index (κ1) is 34.5. The van der Waals surface area contributed by atoms with Crippen molar-refractivity contribution in [3.8, 4) is 0 Å². The van der Waals surface area contributed by atoms with E-state index in [-0.39, 0.29) is 0 Å². The second-order valence-corrected chi connectivity index (χ2v) is 15.5. The summed E-state index contributed by atoms with van der Waals surface area (Å²) in [5, 5.41) is 0. The van der Waals surface area contributed by atoms with Gasteiger partial charge in [0.25, 0.3) is 0 Å². The Morgan fingerprint density at radius 2 is 1.70 bits per heavy atom. The van der Waals surface area contributed by atoms with Gasteiger partial charge in [0.05, 0.1) is 0 Å². The molecule has 4 fully saturated rings. The molecule has 2 N–H and O–H groups in total. The summed E-state index contributed by atoms with van der Waals surface area (Å²) < 4.78 is 2.08. The fourth-order valence-electron chi connectivity index (χ4n) is 7.97. The number of allylic oxidation sites excluding steroid dienone is 2. The summed E-state index contributed by atoms with van der Waals surface area (Å²) in [4.78, 5) is 7.16. The van der Waals surface area contributed by atoms with Crippen molar-refractivity contribution in [2.75, 3.05) is 11.4 Å². The fourth-order valence-corrected chi connectivity index (χ4v) is 7.97. The summed E-state index contributed by atoms with van der Waals surface area (Å²) in [6.45, 7) is 16.5. The Morgan fingerprint density at radius 1 is 1.05 bits per heavy atom. The van der Waals surface area contributed by atoms with Crippen LogP contribution in [-0.2, 0) is 31.2 Å². The summed E-state index contributed by atoms with van der Waals surface area (Å²) >= 11 is 1.55. The van der Waals surface area contributed by atoms with Crippen LogP contribution in [0.2, 0.25) is 0 Å². The molecule has 4 aliphatic carbocycles. The average molecular weight is 763 g/mol. The Bertz CT molecular complexity index is 1310. The molecule has 0 aliphatic heterocycles. The summed E-state index contributed by atoms with van der Waals surface area (Å²) in [7, 11) is 0. The van der Waals surface area contributed by atoms with E-state index >= 15 is 0 Å². The zero-order valence-corrected chi connectivity index (χ0v) is 31.1. The minimum atomic E-state index is 0.357. The maximum atomic E-state index is 6.08. The van der Waals surface area contributed by atoms with Gasteiger partial charge in [-0.1, -0.05) is 82.5 Å². The molecule has 3 nitrogen and oxygen atoms in total. The first-order chi connectivity index (χ1) is 21.2. The molecule has 2 aromatic rings. The van der Waals surface area contributed by atoms with Crippen molar-refractivity contribution < 1.29 is 19.4 Å². The third-order valence-corrected chi connectivity index (χ3v) is 10.8. The van der Waals surface area contributed by atoms with E-state index in [1.54, 1.807) is 31.1 Å². The van der Waals surface area contributed by atoms with Gasteiger partial charge in [-0.15, -0.1) is 12.3 Å². The topological polar surface area (TPSA) is 41.6 Å². The van der Waals surface area contributed by atoms with Crippen LogP contribution in [-0.4, -0.2) is 17.2 Å². The first-order valence-corrected chi connectivity index (χ1v) is 18.7. The van der Waals surface area contributed by atoms with Crippen LogP contribution < -0.4 is 10.6 Å². The second-order valence-electron chi connectivity index (χ2n) is 13.8. The SMILES string of the molecule is C=C(C1CCCCC1)N(CC12CCC(c3ccc(CC)c(C)c3)(CC1)CC2)c1cccc(/C(C=N[C-](C)C)=C/N)c1.C[CH]=[W]. The van der Waals surface area contributed by atoms with Crippen LogP contribution in [0.5, 0.6) is 0 Å². The van der Waals surface area contributed by atoms with E-state index in [2.05, 4.69) is 70.6 Å². The molecule has 0 aromatic heterocycles. The van der Waals surface area contributed by atoms with Crippen LogP contribution in [0, 0.1) is 24.3 Å². The number of hydrogen-bond acceptors (Lipinski definition) is 3. The van der Waals surface area contributed by atoms with Gasteiger partial charge in [-0.05, 0) is 122 Å². The summed E-state index contributed by atoms with van der Waals surface area (Å²) in [6, 6.07) is 17.3. The molecule has 0 saturated heterocycles. The molecular weight excluding hydrogens is 706 g/mol. The standard InChI is InChI=1S/C38H52N3.C2H4.W/c1-6-31-15-16-35(23-29(31)4)38-20-17-37(18-21-38,19-22-38)27-41(30(5)32-11-8-7-9-12-32)36-14-10-13-33(24-36)34(25-39)26-40-28(2)3;1-2;/h10,13-16,23-26,32H,5-9,11-12,17-22,27,39H2,1-4H3;1H,2H3;/q-1;;/b34-25+,40-26?;;. The molecular formula is C40H56N3W-. The number of fused-ring (bicyclic) bond motifs is 3. The first-order valence-electron chi connectivity index (χ1n) is 17.0. The van der Waals surface area contributed by atoms with E-state index in [0.29, 0.717) is 16.7 Å². The van der Waals surface area contributed by atoms with Gasteiger partial charge in [-0.3, -0.25) is 0 Å². The average Bonchev–Trinajstić information content (AvgIpc) is 3.05. The third kappa shape index (κ3) is 8.06. The zero-order valence-electron chi connectivity index (χ0n) is 28.1. The van der Waals surface area contributed by atoms with Crippen molar-refractivity contribution in [1.29, 1.82) is 0 Å². The molecule has 4 aliphatic rings. The monoisotopic (exact) mass is 762 g/mol. The van der Waals surface area contributed by atoms with E-state index in [1.807, 2.05) is 27.0 Å². The number of rotatable bonds is 10. The Kier molecular flexibility index (Phi) is 12.3. The molecule has 44 heavy (non-hydrogen) atoms. The summed E-state index contributed by atoms with van der Waals surface area (Å²) in [5.41, 5.74) is 16.0. The number of benzene rings is 2. The normalized spacial score (nSPS) is 23.6. The molecule has 4 heteroatoms. The molecule has 0 atom stereocenters. The molecule has 0 heterocycles. The van der Waals surface area contributed by atoms with Crippen LogP contribution in [0.1, 0.15) is 121 Å². The van der Waals surface area contributed by atoms with Crippen LogP contribution in [0.4, 0.5) is 5.69 Å². The van der Waals surface area contributed by atoms with Gasteiger partial charge in [-0.25, -0.2) is 0 Å². The van der Waals surface area contributed by atoms with Crippen molar-refractivity contribution in [2.24, 2.45) is 22.1 Å². The van der Waals surface area contributed by atoms with Crippen LogP contribution in [0.15, 0.2) is 65.9 Å². The van der Waals surface area contributed by atoms with Crippen molar-refractivity contribution in [3.63, 3.8) is 0 Å². The van der Waals surface area contributed by atoms with Crippen molar-refractivity contribution in [1.82, 2.24) is 0 Å². The van der Waals surface area contributed by atoms with Gasteiger partial charge in [0.1, 0.15) is 0 Å². The molecule has 6 rings (SSSR count). The zero-order chi connectivity index (χ0) is 31.7. The van der Waals surface area contributed by atoms with Crippen molar-refractivity contribution in [2.45, 2.75) is 117 Å². The molecule has 2 bridgehead atoms. The Balaban J connectivity index is 0.00000141. The quantitative estimate of drug-likeness (QED) is 0.194. The van der Waals surface area contributed by atoms with E-state index in [9.17, 15) is 0 Å². The minimum absolute atomic E-state index is 0.357. The summed E-state index contributed by atoms with van der Waals surface area (Å²) in [6.07, 6.45) is 19.1. The number of aliphatic imine (C=N–C) groups is 1. The van der Waals surface area contributed by atoms with Gasteiger partial charge in [-0.2, -0.15) is 0 Å². The third-order valence-electron chi connectivity index (χ3n) is 10.8. The Hall–Kier alpha value is -2.38. The van der Waals surface area contributed by atoms with Gasteiger partial charge in [0, 0.05) is 17.9 Å². The van der Waals surface area contributed by atoms with E-state index in [4.69, 9.17) is 12.3 Å². The summed E-state index contributed by atoms with van der Waals surface area (Å²) in [5.74, 6) is 0.582. The van der Waals surface area contributed by atoms with Gasteiger partial charge in [0.15, 0.2) is 0 Å². The molecule has 238 valence electrons. The van der Waals surface area contributed by atoms with Gasteiger partial charge >= 0.3 is 30.7 Å². The predicted octanol–water partition coefficient (Wildman–Crippen LogP) is 10.0. The number of nitrogens with two attached hydrogens (primary N) is 1. The van der Waals surface area contributed by atoms with Gasteiger partial charge < -0.3 is 15.6 Å². The Morgan fingerprint density at radius 3 is 2.27 bits per heavy atom. The predicted molar refractivity (Wildman–Crippen MR) is 189 cm³/mol. The van der Waals surface area contributed by atoms with Crippen molar-refractivity contribution in [3.05, 3.63) is 89.2 Å². The van der Waals surface area contributed by atoms with Crippen LogP contribution in [0.25, 0.3) is 5.57 Å².